The molecular weight excluding hydrogens is 556 g/mol. The molecule has 41 heavy (non-hydrogen) atoms. The highest BCUT2D eigenvalue weighted by Gasteiger charge is 2.53. The van der Waals surface area contributed by atoms with Crippen molar-refractivity contribution in [3.05, 3.63) is 75.7 Å². The smallest absolute Gasteiger partial charge is 0.310 e. The fourth-order valence-corrected chi connectivity index (χ4v) is 7.05. The highest BCUT2D eigenvalue weighted by molar-refractivity contribution is 7.89. The predicted molar refractivity (Wildman–Crippen MR) is 142 cm³/mol. The van der Waals surface area contributed by atoms with E-state index in [2.05, 4.69) is 14.7 Å². The third-order valence-corrected chi connectivity index (χ3v) is 9.09. The van der Waals surface area contributed by atoms with Crippen LogP contribution >= 0.6 is 0 Å². The summed E-state index contributed by atoms with van der Waals surface area (Å²) in [6.45, 7) is -0.0319. The summed E-state index contributed by atoms with van der Waals surface area (Å²) in [6.07, 6.45) is 0. The number of phenolic OH excluding ortho intramolecular Hbond substituents is 1. The highest BCUT2D eigenvalue weighted by Crippen LogP contribution is 2.55. The minimum Gasteiger partial charge on any atom is -0.502 e. The van der Waals surface area contributed by atoms with Crippen LogP contribution in [0.1, 0.15) is 28.7 Å². The summed E-state index contributed by atoms with van der Waals surface area (Å²) in [5.41, 5.74) is 10.7. The molecule has 14 heteroatoms. The van der Waals surface area contributed by atoms with Gasteiger partial charge in [0.1, 0.15) is 0 Å². The molecule has 1 saturated heterocycles. The van der Waals surface area contributed by atoms with Gasteiger partial charge in [0.2, 0.25) is 22.6 Å². The second kappa shape index (κ2) is 10.1. The number of nitrogens with one attached hydrogen (secondary N) is 1. The third kappa shape index (κ3) is 4.42. The lowest BCUT2D eigenvalue weighted by atomic mass is 9.65. The first-order valence-corrected chi connectivity index (χ1v) is 14.0. The normalized spacial score (nSPS) is 22.2. The van der Waals surface area contributed by atoms with Gasteiger partial charge < -0.3 is 28.8 Å². The van der Waals surface area contributed by atoms with Gasteiger partial charge in [-0.15, -0.1) is 0 Å². The molecule has 0 bridgehead atoms. The molecule has 1 fully saturated rings. The van der Waals surface area contributed by atoms with E-state index in [-0.39, 0.29) is 41.2 Å². The second-order valence-electron chi connectivity index (χ2n) is 9.69. The fraction of sp³-hybridized carbons (Fsp3) is 0.296. The number of carbonyl (C=O) groups excluding carboxylic acids is 1. The van der Waals surface area contributed by atoms with Crippen LogP contribution in [-0.4, -0.2) is 47.1 Å². The van der Waals surface area contributed by atoms with Crippen molar-refractivity contribution < 1.29 is 42.0 Å². The lowest BCUT2D eigenvalue weighted by molar-refractivity contribution is -0.141. The van der Waals surface area contributed by atoms with E-state index in [1.54, 1.807) is 24.3 Å². The molecule has 0 aromatic heterocycles. The molecule has 3 aliphatic rings. The summed E-state index contributed by atoms with van der Waals surface area (Å²) in [5.74, 6) is -1.49. The van der Waals surface area contributed by atoms with Gasteiger partial charge in [0.25, 0.3) is 0 Å². The van der Waals surface area contributed by atoms with Gasteiger partial charge in [-0.2, -0.15) is 0 Å². The monoisotopic (exact) mass is 580 g/mol. The molecule has 0 radical (unpaired) electrons. The van der Waals surface area contributed by atoms with Crippen molar-refractivity contribution in [2.45, 2.75) is 16.9 Å². The zero-order chi connectivity index (χ0) is 28.9. The average molecular weight is 581 g/mol. The maximum Gasteiger partial charge on any atom is 0.310 e. The summed E-state index contributed by atoms with van der Waals surface area (Å²) in [5, 5.41) is 14.0. The Morgan fingerprint density at radius 1 is 1.00 bits per heavy atom. The molecule has 2 N–H and O–H groups in total. The van der Waals surface area contributed by atoms with E-state index in [1.165, 1.54) is 38.5 Å². The quantitative estimate of drug-likeness (QED) is 0.181. The molecule has 0 unspecified atom stereocenters. The van der Waals surface area contributed by atoms with Gasteiger partial charge in [-0.3, -0.25) is 4.79 Å². The number of aromatic hydroxyl groups is 1. The van der Waals surface area contributed by atoms with E-state index in [1.807, 2.05) is 0 Å². The van der Waals surface area contributed by atoms with Gasteiger partial charge in [0.15, 0.2) is 23.0 Å². The molecule has 2 aliphatic heterocycles. The minimum atomic E-state index is -4.11. The van der Waals surface area contributed by atoms with Crippen LogP contribution in [-0.2, 0) is 19.6 Å². The number of benzene rings is 3. The molecule has 0 spiro atoms. The summed E-state index contributed by atoms with van der Waals surface area (Å²) < 4.78 is 57.4. The number of sulfonamides is 1. The first-order valence-electron chi connectivity index (χ1n) is 12.5. The summed E-state index contributed by atoms with van der Waals surface area (Å²) >= 11 is 0. The Morgan fingerprint density at radius 3 is 2.24 bits per heavy atom. The van der Waals surface area contributed by atoms with Crippen molar-refractivity contribution in [2.24, 2.45) is 17.0 Å². The van der Waals surface area contributed by atoms with Crippen LogP contribution in [0.4, 0.5) is 5.69 Å². The Hall–Kier alpha value is -4.65. The van der Waals surface area contributed by atoms with Gasteiger partial charge in [0, 0.05) is 22.4 Å². The van der Waals surface area contributed by atoms with E-state index in [9.17, 15) is 18.3 Å². The lowest BCUT2D eigenvalue weighted by Gasteiger charge is -2.39. The minimum absolute atomic E-state index is 0.00737. The Kier molecular flexibility index (Phi) is 6.53. The molecule has 2 heterocycles. The molecule has 4 atom stereocenters. The van der Waals surface area contributed by atoms with Gasteiger partial charge >= 0.3 is 5.97 Å². The number of hydrogen-bond donors (Lipinski definition) is 2. The number of ether oxygens (including phenoxy) is 5. The van der Waals surface area contributed by atoms with Crippen LogP contribution in [0.25, 0.3) is 10.4 Å². The maximum absolute atomic E-state index is 13.6. The van der Waals surface area contributed by atoms with Crippen LogP contribution in [0.2, 0.25) is 0 Å². The number of esters is 1. The molecule has 212 valence electrons. The summed E-state index contributed by atoms with van der Waals surface area (Å²) in [4.78, 5) is 15.9. The molecule has 3 aromatic rings. The molecule has 13 nitrogen and oxygen atoms in total. The number of methoxy groups -OCH3 is 2. The van der Waals surface area contributed by atoms with E-state index in [4.69, 9.17) is 29.2 Å². The van der Waals surface area contributed by atoms with E-state index >= 15 is 0 Å². The largest absolute Gasteiger partial charge is 0.502 e. The van der Waals surface area contributed by atoms with Crippen molar-refractivity contribution in [2.75, 3.05) is 27.6 Å². The van der Waals surface area contributed by atoms with Crippen LogP contribution in [0.15, 0.2) is 58.5 Å². The first-order chi connectivity index (χ1) is 19.7. The van der Waals surface area contributed by atoms with Crippen LogP contribution in [0, 0.1) is 11.8 Å². The van der Waals surface area contributed by atoms with Gasteiger partial charge in [-0.25, -0.2) is 13.1 Å². The predicted octanol–water partition coefficient (Wildman–Crippen LogP) is 4.03. The Morgan fingerprint density at radius 2 is 1.63 bits per heavy atom. The molecular formula is C27H24N4O9S. The summed E-state index contributed by atoms with van der Waals surface area (Å²) in [7, 11) is -1.30. The molecule has 3 aromatic carbocycles. The Balaban J connectivity index is 1.51. The number of azide groups is 1. The first kappa shape index (κ1) is 26.6. The standard InChI is InChI=1S/C27H24N4O9S/c1-36-21-7-13(8-22(37-2)26(21)32)23-16-9-19-20(40-12-39-19)10-17(16)25(18-11-38-27(33)24(18)23)30-41(34,35)15-5-3-14(4-6-15)29-31-28/h3-10,18,23-25,30,32H,11-12H2,1-2H3/t18-,23+,24-,25+/m0/s1. The number of hydrogen-bond acceptors (Lipinski definition) is 10. The highest BCUT2D eigenvalue weighted by atomic mass is 32.2. The number of rotatable bonds is 7. The second-order valence-corrected chi connectivity index (χ2v) is 11.4. The Labute approximate surface area is 234 Å². The molecule has 0 saturated carbocycles. The average Bonchev–Trinajstić information content (AvgIpc) is 3.59. The van der Waals surface area contributed by atoms with Gasteiger partial charge in [-0.1, -0.05) is 17.2 Å². The lowest BCUT2D eigenvalue weighted by Crippen LogP contribution is -2.42. The van der Waals surface area contributed by atoms with E-state index in [0.717, 1.165) is 0 Å². The van der Waals surface area contributed by atoms with Gasteiger partial charge in [0.05, 0.1) is 37.7 Å². The zero-order valence-electron chi connectivity index (χ0n) is 21.8. The molecule has 1 aliphatic carbocycles. The fourth-order valence-electron chi connectivity index (χ4n) is 5.79. The van der Waals surface area contributed by atoms with E-state index in [0.29, 0.717) is 28.2 Å². The zero-order valence-corrected chi connectivity index (χ0v) is 22.6. The van der Waals surface area contributed by atoms with Crippen LogP contribution in [0.3, 0.4) is 0 Å². The number of cyclic esters (lactones) is 1. The van der Waals surface area contributed by atoms with Crippen LogP contribution in [0.5, 0.6) is 28.7 Å². The van der Waals surface area contributed by atoms with Crippen molar-refractivity contribution in [3.63, 3.8) is 0 Å². The van der Waals surface area contributed by atoms with Crippen molar-refractivity contribution >= 4 is 21.7 Å². The SMILES string of the molecule is COc1cc([C@@H]2c3cc4c(cc3[C@@H](NS(=O)(=O)c3ccc(N=[N+]=[N-])cc3)[C@H]3COC(=O)[C@H]23)OCO4)cc(OC)c1O. The van der Waals surface area contributed by atoms with Crippen molar-refractivity contribution in [1.82, 2.24) is 4.72 Å². The third-order valence-electron chi connectivity index (χ3n) is 7.64. The van der Waals surface area contributed by atoms with Crippen LogP contribution < -0.4 is 23.7 Å². The van der Waals surface area contributed by atoms with Crippen molar-refractivity contribution in [3.8, 4) is 28.7 Å². The molecule has 6 rings (SSSR count). The number of phenols is 1. The Bertz CT molecular complexity index is 1680. The number of nitrogens with zero attached hydrogens (tertiary/aromatic N) is 3. The molecule has 0 amide bonds. The number of fused-ring (bicyclic) bond motifs is 3. The summed E-state index contributed by atoms with van der Waals surface area (Å²) in [6, 6.07) is 11.3. The van der Waals surface area contributed by atoms with E-state index < -0.39 is 39.8 Å². The topological polar surface area (TPSA) is 178 Å². The van der Waals surface area contributed by atoms with Crippen molar-refractivity contribution in [1.29, 1.82) is 0 Å². The van der Waals surface area contributed by atoms with Gasteiger partial charge in [-0.05, 0) is 58.6 Å². The maximum atomic E-state index is 13.6. The number of carbonyl (C=O) groups is 1.